The number of unbranched alkanes of at least 4 members (excludes halogenated alkanes) is 2. The minimum atomic E-state index is -0.530. The summed E-state index contributed by atoms with van der Waals surface area (Å²) in [5.74, 6) is 0.630. The van der Waals surface area contributed by atoms with E-state index in [4.69, 9.17) is 5.73 Å². The Labute approximate surface area is 184 Å². The molecule has 0 radical (unpaired) electrons. The Morgan fingerprint density at radius 2 is 2.03 bits per heavy atom. The lowest BCUT2D eigenvalue weighted by atomic mass is 9.85. The van der Waals surface area contributed by atoms with Crippen LogP contribution in [0.1, 0.15) is 75.7 Å². The number of nitrogens with zero attached hydrogens (tertiary/aromatic N) is 1. The van der Waals surface area contributed by atoms with E-state index in [0.717, 1.165) is 41.0 Å². The van der Waals surface area contributed by atoms with E-state index in [1.165, 1.54) is 50.2 Å². The SMILES string of the molecule is CCC(C)CCCCCNC.NC(=O)c1nsc2cc(NC(=O)C3CCC3)ccc12. The number of carbonyl (C=O) groups excluding carboxylic acids is 2. The summed E-state index contributed by atoms with van der Waals surface area (Å²) in [6.07, 6.45) is 9.98. The Morgan fingerprint density at radius 3 is 2.63 bits per heavy atom. The molecule has 3 rings (SSSR count). The molecule has 0 saturated heterocycles. The molecule has 2 aromatic rings. The molecule has 6 nitrogen and oxygen atoms in total. The van der Waals surface area contributed by atoms with E-state index >= 15 is 0 Å². The van der Waals surface area contributed by atoms with Crippen LogP contribution in [0.25, 0.3) is 10.1 Å². The predicted octanol–water partition coefficient (Wildman–Crippen LogP) is 4.95. The van der Waals surface area contributed by atoms with Crippen LogP contribution in [0.2, 0.25) is 0 Å². The van der Waals surface area contributed by atoms with Gasteiger partial charge in [-0.05, 0) is 68.5 Å². The van der Waals surface area contributed by atoms with Crippen molar-refractivity contribution >= 4 is 39.1 Å². The summed E-state index contributed by atoms with van der Waals surface area (Å²) in [6, 6.07) is 5.38. The van der Waals surface area contributed by atoms with Crippen molar-refractivity contribution in [2.45, 2.75) is 65.2 Å². The maximum atomic E-state index is 11.8. The molecular weight excluding hydrogens is 396 g/mol. The van der Waals surface area contributed by atoms with Crippen LogP contribution in [0.15, 0.2) is 18.2 Å². The normalized spacial score (nSPS) is 14.5. The van der Waals surface area contributed by atoms with E-state index < -0.39 is 5.91 Å². The number of benzene rings is 1. The highest BCUT2D eigenvalue weighted by Crippen LogP contribution is 2.29. The highest BCUT2D eigenvalue weighted by atomic mass is 32.1. The van der Waals surface area contributed by atoms with Gasteiger partial charge in [-0.15, -0.1) is 0 Å². The molecule has 30 heavy (non-hydrogen) atoms. The molecular formula is C23H36N4O2S. The number of aromatic nitrogens is 1. The molecule has 1 heterocycles. The number of fused-ring (bicyclic) bond motifs is 1. The zero-order chi connectivity index (χ0) is 21.9. The van der Waals surface area contributed by atoms with Crippen molar-refractivity contribution < 1.29 is 9.59 Å². The van der Waals surface area contributed by atoms with Crippen molar-refractivity contribution in [2.75, 3.05) is 18.9 Å². The summed E-state index contributed by atoms with van der Waals surface area (Å²) in [6.45, 7) is 5.80. The van der Waals surface area contributed by atoms with Gasteiger partial charge in [0.05, 0.1) is 4.70 Å². The summed E-state index contributed by atoms with van der Waals surface area (Å²) in [7, 11) is 2.02. The quantitative estimate of drug-likeness (QED) is 0.463. The fraction of sp³-hybridized carbons (Fsp3) is 0.609. The Balaban J connectivity index is 0.000000252. The van der Waals surface area contributed by atoms with Gasteiger partial charge in [0.2, 0.25) is 5.91 Å². The molecule has 2 amide bonds. The standard InChI is InChI=1S/C13H13N3O2S.C10H23N/c14-12(17)11-9-5-4-8(6-10(9)19-16-11)15-13(18)7-2-1-3-7;1-4-10(2)8-6-5-7-9-11-3/h4-7H,1-3H2,(H2,14,17)(H,15,18);10-11H,4-9H2,1-3H3. The Morgan fingerprint density at radius 1 is 1.27 bits per heavy atom. The van der Waals surface area contributed by atoms with E-state index in [0.29, 0.717) is 0 Å². The van der Waals surface area contributed by atoms with E-state index in [1.807, 2.05) is 13.1 Å². The van der Waals surface area contributed by atoms with Crippen molar-refractivity contribution in [1.29, 1.82) is 0 Å². The number of anilines is 1. The first kappa shape index (κ1) is 24.3. The number of carbonyl (C=O) groups is 2. The van der Waals surface area contributed by atoms with E-state index in [1.54, 1.807) is 12.1 Å². The number of hydrogen-bond donors (Lipinski definition) is 3. The van der Waals surface area contributed by atoms with Gasteiger partial charge in [-0.3, -0.25) is 9.59 Å². The molecule has 7 heteroatoms. The summed E-state index contributed by atoms with van der Waals surface area (Å²) in [4.78, 5) is 23.0. The lowest BCUT2D eigenvalue weighted by molar-refractivity contribution is -0.122. The van der Waals surface area contributed by atoms with Crippen molar-refractivity contribution in [3.05, 3.63) is 23.9 Å². The number of hydrogen-bond acceptors (Lipinski definition) is 5. The summed E-state index contributed by atoms with van der Waals surface area (Å²) < 4.78 is 4.88. The van der Waals surface area contributed by atoms with Crippen LogP contribution in [0.5, 0.6) is 0 Å². The zero-order valence-electron chi connectivity index (χ0n) is 18.5. The van der Waals surface area contributed by atoms with Crippen molar-refractivity contribution in [3.63, 3.8) is 0 Å². The van der Waals surface area contributed by atoms with Crippen LogP contribution in [-0.2, 0) is 4.79 Å². The van der Waals surface area contributed by atoms with Gasteiger partial charge in [-0.2, -0.15) is 4.37 Å². The molecule has 1 aliphatic rings. The number of nitrogens with two attached hydrogens (primary N) is 1. The third kappa shape index (κ3) is 7.36. The van der Waals surface area contributed by atoms with Gasteiger partial charge in [0.1, 0.15) is 5.69 Å². The molecule has 1 aromatic carbocycles. The molecule has 1 atom stereocenters. The maximum Gasteiger partial charge on any atom is 0.269 e. The molecule has 1 saturated carbocycles. The molecule has 1 unspecified atom stereocenters. The number of nitrogens with one attached hydrogen (secondary N) is 2. The third-order valence-electron chi connectivity index (χ3n) is 5.77. The minimum absolute atomic E-state index is 0.0743. The van der Waals surface area contributed by atoms with Gasteiger partial charge in [-0.25, -0.2) is 0 Å². The first-order valence-electron chi connectivity index (χ1n) is 11.1. The second-order valence-electron chi connectivity index (χ2n) is 8.19. The van der Waals surface area contributed by atoms with Crippen molar-refractivity contribution in [3.8, 4) is 0 Å². The number of rotatable bonds is 10. The Bertz CT molecular complexity index is 817. The molecule has 166 valence electrons. The monoisotopic (exact) mass is 432 g/mol. The smallest absolute Gasteiger partial charge is 0.269 e. The number of amides is 2. The predicted molar refractivity (Wildman–Crippen MR) is 126 cm³/mol. The van der Waals surface area contributed by atoms with E-state index in [-0.39, 0.29) is 17.5 Å². The van der Waals surface area contributed by atoms with E-state index in [9.17, 15) is 9.59 Å². The van der Waals surface area contributed by atoms with Gasteiger partial charge in [0.15, 0.2) is 0 Å². The molecule has 0 spiro atoms. The average Bonchev–Trinajstić information content (AvgIpc) is 3.10. The average molecular weight is 433 g/mol. The van der Waals surface area contributed by atoms with Crippen LogP contribution < -0.4 is 16.4 Å². The van der Waals surface area contributed by atoms with Gasteiger partial charge in [-0.1, -0.05) is 46.0 Å². The summed E-state index contributed by atoms with van der Waals surface area (Å²) in [5, 5.41) is 6.80. The van der Waals surface area contributed by atoms with E-state index in [2.05, 4.69) is 28.9 Å². The highest BCUT2D eigenvalue weighted by Gasteiger charge is 2.25. The first-order valence-corrected chi connectivity index (χ1v) is 11.9. The second kappa shape index (κ2) is 12.6. The largest absolute Gasteiger partial charge is 0.364 e. The molecule has 0 bridgehead atoms. The lowest BCUT2D eigenvalue weighted by Crippen LogP contribution is -2.27. The summed E-state index contributed by atoms with van der Waals surface area (Å²) in [5.41, 5.74) is 6.27. The number of primary amides is 1. The Kier molecular flexibility index (Phi) is 10.2. The first-order chi connectivity index (χ1) is 14.5. The lowest BCUT2D eigenvalue weighted by Gasteiger charge is -2.24. The molecule has 0 aliphatic heterocycles. The van der Waals surface area contributed by atoms with Crippen LogP contribution >= 0.6 is 11.5 Å². The fourth-order valence-corrected chi connectivity index (χ4v) is 4.10. The minimum Gasteiger partial charge on any atom is -0.364 e. The van der Waals surface area contributed by atoms with Crippen molar-refractivity contribution in [1.82, 2.24) is 9.69 Å². The topological polar surface area (TPSA) is 97.1 Å². The van der Waals surface area contributed by atoms with Gasteiger partial charge < -0.3 is 16.4 Å². The molecule has 1 fully saturated rings. The van der Waals surface area contributed by atoms with Crippen molar-refractivity contribution in [2.24, 2.45) is 17.6 Å². The highest BCUT2D eigenvalue weighted by molar-refractivity contribution is 7.13. The van der Waals surface area contributed by atoms with Gasteiger partial charge >= 0.3 is 0 Å². The molecule has 4 N–H and O–H groups in total. The fourth-order valence-electron chi connectivity index (χ4n) is 3.28. The maximum absolute atomic E-state index is 11.8. The van der Waals surface area contributed by atoms with Crippen LogP contribution in [0, 0.1) is 11.8 Å². The Hall–Kier alpha value is -1.99. The van der Waals surface area contributed by atoms with Crippen LogP contribution in [0.3, 0.4) is 0 Å². The molecule has 1 aliphatic carbocycles. The van der Waals surface area contributed by atoms with Gasteiger partial charge in [0.25, 0.3) is 5.91 Å². The molecule has 1 aromatic heterocycles. The summed E-state index contributed by atoms with van der Waals surface area (Å²) >= 11 is 1.21. The zero-order valence-corrected chi connectivity index (χ0v) is 19.3. The van der Waals surface area contributed by atoms with Crippen LogP contribution in [0.4, 0.5) is 5.69 Å². The third-order valence-corrected chi connectivity index (χ3v) is 6.58. The van der Waals surface area contributed by atoms with Gasteiger partial charge in [0, 0.05) is 17.0 Å². The van der Waals surface area contributed by atoms with Crippen LogP contribution in [-0.4, -0.2) is 29.8 Å². The second-order valence-corrected chi connectivity index (χ2v) is 8.99.